The summed E-state index contributed by atoms with van der Waals surface area (Å²) in [6.45, 7) is 0.881. The molecule has 0 bridgehead atoms. The molecular weight excluding hydrogens is 206 g/mol. The van der Waals surface area contributed by atoms with E-state index in [1.165, 1.54) is 44.9 Å². The molecule has 1 aromatic carbocycles. The Kier molecular flexibility index (Phi) is 2.96. The normalized spacial score (nSPS) is 26.8. The van der Waals surface area contributed by atoms with Crippen LogP contribution in [0.5, 0.6) is 0 Å². The Morgan fingerprint density at radius 3 is 2.65 bits per heavy atom. The fourth-order valence-corrected chi connectivity index (χ4v) is 4.16. The molecule has 0 amide bonds. The molecule has 2 aliphatic carbocycles. The van der Waals surface area contributed by atoms with Crippen LogP contribution in [0.25, 0.3) is 0 Å². The molecule has 0 aliphatic heterocycles. The second kappa shape index (κ2) is 4.45. The van der Waals surface area contributed by atoms with E-state index in [0.717, 1.165) is 12.5 Å². The van der Waals surface area contributed by atoms with Gasteiger partial charge in [0.1, 0.15) is 0 Å². The topological polar surface area (TPSA) is 26.0 Å². The van der Waals surface area contributed by atoms with Crippen LogP contribution < -0.4 is 5.73 Å². The quantitative estimate of drug-likeness (QED) is 0.823. The van der Waals surface area contributed by atoms with Gasteiger partial charge in [-0.15, -0.1) is 0 Å². The van der Waals surface area contributed by atoms with E-state index in [1.54, 1.807) is 11.1 Å². The Balaban J connectivity index is 1.99. The third-order valence-electron chi connectivity index (χ3n) is 5.11. The summed E-state index contributed by atoms with van der Waals surface area (Å²) in [6.07, 6.45) is 9.45. The Morgan fingerprint density at radius 2 is 1.88 bits per heavy atom. The van der Waals surface area contributed by atoms with E-state index in [1.807, 2.05) is 0 Å². The maximum absolute atomic E-state index is 6.16. The SMILES string of the molecule is NCC1(C2CCCc3ccccc32)CCCC1. The van der Waals surface area contributed by atoms with Crippen molar-refractivity contribution >= 4 is 0 Å². The van der Waals surface area contributed by atoms with Gasteiger partial charge in [-0.25, -0.2) is 0 Å². The third-order valence-corrected chi connectivity index (χ3v) is 5.11. The van der Waals surface area contributed by atoms with Gasteiger partial charge in [0.25, 0.3) is 0 Å². The Hall–Kier alpha value is -0.820. The molecule has 0 heterocycles. The lowest BCUT2D eigenvalue weighted by Crippen LogP contribution is -2.36. The summed E-state index contributed by atoms with van der Waals surface area (Å²) >= 11 is 0. The molecule has 2 N–H and O–H groups in total. The molecule has 1 fully saturated rings. The van der Waals surface area contributed by atoms with Gasteiger partial charge in [-0.05, 0) is 61.1 Å². The number of hydrogen-bond donors (Lipinski definition) is 1. The van der Waals surface area contributed by atoms with Gasteiger partial charge >= 0.3 is 0 Å². The van der Waals surface area contributed by atoms with Gasteiger partial charge in [0.2, 0.25) is 0 Å². The van der Waals surface area contributed by atoms with E-state index in [0.29, 0.717) is 5.41 Å². The first-order valence-electron chi connectivity index (χ1n) is 7.14. The van der Waals surface area contributed by atoms with Crippen LogP contribution in [0.2, 0.25) is 0 Å². The molecule has 1 aromatic rings. The standard InChI is InChI=1S/C16H23N/c17-12-16(10-3-4-11-16)15-9-5-7-13-6-1-2-8-14(13)15/h1-2,6,8,15H,3-5,7,9-12,17H2. The number of benzene rings is 1. The Morgan fingerprint density at radius 1 is 1.12 bits per heavy atom. The van der Waals surface area contributed by atoms with Gasteiger partial charge in [0.05, 0.1) is 0 Å². The summed E-state index contributed by atoms with van der Waals surface area (Å²) in [5.74, 6) is 0.736. The monoisotopic (exact) mass is 229 g/mol. The van der Waals surface area contributed by atoms with Crippen molar-refractivity contribution < 1.29 is 0 Å². The van der Waals surface area contributed by atoms with E-state index in [4.69, 9.17) is 5.73 Å². The molecule has 0 radical (unpaired) electrons. The van der Waals surface area contributed by atoms with Gasteiger partial charge in [-0.2, -0.15) is 0 Å². The lowest BCUT2D eigenvalue weighted by Gasteiger charge is -2.40. The van der Waals surface area contributed by atoms with Crippen molar-refractivity contribution in [3.63, 3.8) is 0 Å². The number of rotatable bonds is 2. The molecule has 1 heteroatoms. The molecule has 1 nitrogen and oxygen atoms in total. The second-order valence-electron chi connectivity index (χ2n) is 5.92. The Bertz CT molecular complexity index is 390. The zero-order valence-electron chi connectivity index (χ0n) is 10.6. The summed E-state index contributed by atoms with van der Waals surface area (Å²) in [7, 11) is 0. The summed E-state index contributed by atoms with van der Waals surface area (Å²) in [5, 5.41) is 0. The van der Waals surface area contributed by atoms with E-state index >= 15 is 0 Å². The van der Waals surface area contributed by atoms with Crippen LogP contribution in [-0.4, -0.2) is 6.54 Å². The fraction of sp³-hybridized carbons (Fsp3) is 0.625. The van der Waals surface area contributed by atoms with Gasteiger partial charge in [0.15, 0.2) is 0 Å². The highest BCUT2D eigenvalue weighted by Gasteiger charge is 2.42. The third kappa shape index (κ3) is 1.81. The van der Waals surface area contributed by atoms with Crippen molar-refractivity contribution in [3.05, 3.63) is 35.4 Å². The van der Waals surface area contributed by atoms with Crippen molar-refractivity contribution in [1.29, 1.82) is 0 Å². The maximum Gasteiger partial charge on any atom is -0.00147 e. The molecule has 1 saturated carbocycles. The van der Waals surface area contributed by atoms with E-state index in [9.17, 15) is 0 Å². The molecule has 0 aromatic heterocycles. The lowest BCUT2D eigenvalue weighted by molar-refractivity contribution is 0.218. The van der Waals surface area contributed by atoms with Crippen LogP contribution in [0.3, 0.4) is 0 Å². The lowest BCUT2D eigenvalue weighted by atomic mass is 9.65. The number of fused-ring (bicyclic) bond motifs is 1. The van der Waals surface area contributed by atoms with Gasteiger partial charge in [0, 0.05) is 0 Å². The fourth-order valence-electron chi connectivity index (χ4n) is 4.16. The van der Waals surface area contributed by atoms with E-state index in [2.05, 4.69) is 24.3 Å². The van der Waals surface area contributed by atoms with Crippen LogP contribution in [0.1, 0.15) is 55.6 Å². The first kappa shape index (κ1) is 11.3. The van der Waals surface area contributed by atoms with Crippen molar-refractivity contribution in [1.82, 2.24) is 0 Å². The average molecular weight is 229 g/mol. The molecule has 0 spiro atoms. The summed E-state index contributed by atoms with van der Waals surface area (Å²) in [4.78, 5) is 0. The molecule has 1 atom stereocenters. The molecule has 92 valence electrons. The summed E-state index contributed by atoms with van der Waals surface area (Å²) in [5.41, 5.74) is 9.79. The highest BCUT2D eigenvalue weighted by Crippen LogP contribution is 2.52. The number of aryl methyl sites for hydroxylation is 1. The van der Waals surface area contributed by atoms with Gasteiger partial charge < -0.3 is 5.73 Å². The average Bonchev–Trinajstić information content (AvgIpc) is 2.88. The number of hydrogen-bond acceptors (Lipinski definition) is 1. The van der Waals surface area contributed by atoms with Crippen molar-refractivity contribution in [3.8, 4) is 0 Å². The van der Waals surface area contributed by atoms with Crippen LogP contribution in [-0.2, 0) is 6.42 Å². The highest BCUT2D eigenvalue weighted by atomic mass is 14.6. The summed E-state index contributed by atoms with van der Waals surface area (Å²) < 4.78 is 0. The summed E-state index contributed by atoms with van der Waals surface area (Å²) in [6, 6.07) is 9.07. The van der Waals surface area contributed by atoms with Crippen LogP contribution in [0.4, 0.5) is 0 Å². The molecule has 2 aliphatic rings. The van der Waals surface area contributed by atoms with Crippen molar-refractivity contribution in [2.45, 2.75) is 50.9 Å². The first-order valence-corrected chi connectivity index (χ1v) is 7.14. The van der Waals surface area contributed by atoms with Crippen molar-refractivity contribution in [2.75, 3.05) is 6.54 Å². The van der Waals surface area contributed by atoms with Crippen molar-refractivity contribution in [2.24, 2.45) is 11.1 Å². The molecule has 3 rings (SSSR count). The Labute approximate surface area is 104 Å². The zero-order chi connectivity index (χ0) is 11.7. The van der Waals surface area contributed by atoms with Crippen LogP contribution >= 0.6 is 0 Å². The zero-order valence-corrected chi connectivity index (χ0v) is 10.6. The smallest absolute Gasteiger partial charge is 0.00147 e. The largest absolute Gasteiger partial charge is 0.330 e. The minimum absolute atomic E-state index is 0.427. The second-order valence-corrected chi connectivity index (χ2v) is 5.92. The molecule has 1 unspecified atom stereocenters. The van der Waals surface area contributed by atoms with E-state index in [-0.39, 0.29) is 0 Å². The predicted molar refractivity (Wildman–Crippen MR) is 72.1 cm³/mol. The van der Waals surface area contributed by atoms with Gasteiger partial charge in [-0.3, -0.25) is 0 Å². The number of nitrogens with two attached hydrogens (primary N) is 1. The predicted octanol–water partition coefficient (Wildman–Crippen LogP) is 3.63. The first-order chi connectivity index (χ1) is 8.36. The van der Waals surface area contributed by atoms with Gasteiger partial charge in [-0.1, -0.05) is 37.1 Å². The minimum atomic E-state index is 0.427. The van der Waals surface area contributed by atoms with Crippen LogP contribution in [0, 0.1) is 5.41 Å². The molecular formula is C16H23N. The molecule has 0 saturated heterocycles. The molecule has 17 heavy (non-hydrogen) atoms. The van der Waals surface area contributed by atoms with E-state index < -0.39 is 0 Å². The minimum Gasteiger partial charge on any atom is -0.330 e. The highest BCUT2D eigenvalue weighted by molar-refractivity contribution is 5.34. The maximum atomic E-state index is 6.16. The van der Waals surface area contributed by atoms with Crippen LogP contribution in [0.15, 0.2) is 24.3 Å².